The molecule has 0 saturated carbocycles. The third-order valence-electron chi connectivity index (χ3n) is 3.21. The van der Waals surface area contributed by atoms with Gasteiger partial charge in [0.1, 0.15) is 11.5 Å². The fourth-order valence-corrected chi connectivity index (χ4v) is 3.26. The lowest BCUT2D eigenvalue weighted by atomic mass is 10.1. The maximum Gasteiger partial charge on any atom is 0.257 e. The van der Waals surface area contributed by atoms with E-state index in [1.165, 1.54) is 13.2 Å². The van der Waals surface area contributed by atoms with E-state index < -0.39 is 0 Å². The molecule has 1 unspecified atom stereocenters. The first-order chi connectivity index (χ1) is 8.63. The average molecular weight is 267 g/mol. The molecular weight excluding hydrogens is 250 g/mol. The maximum atomic E-state index is 12.3. The van der Waals surface area contributed by atoms with Crippen LogP contribution in [-0.4, -0.2) is 47.6 Å². The van der Waals surface area contributed by atoms with E-state index in [1.54, 1.807) is 24.1 Å². The van der Waals surface area contributed by atoms with Gasteiger partial charge in [-0.2, -0.15) is 11.8 Å². The highest BCUT2D eigenvalue weighted by Crippen LogP contribution is 2.27. The first-order valence-corrected chi connectivity index (χ1v) is 7.01. The van der Waals surface area contributed by atoms with Gasteiger partial charge in [0, 0.05) is 18.8 Å². The molecule has 2 rings (SSSR count). The van der Waals surface area contributed by atoms with Gasteiger partial charge in [0.25, 0.3) is 5.91 Å². The number of phenols is 1. The van der Waals surface area contributed by atoms with Gasteiger partial charge in [-0.05, 0) is 30.4 Å². The lowest BCUT2D eigenvalue weighted by molar-refractivity contribution is 0.0744. The molecule has 0 bridgehead atoms. The second-order valence-corrected chi connectivity index (χ2v) is 5.47. The lowest BCUT2D eigenvalue weighted by Crippen LogP contribution is -2.37. The second-order valence-electron chi connectivity index (χ2n) is 4.32. The van der Waals surface area contributed by atoms with Crippen molar-refractivity contribution in [2.45, 2.75) is 12.5 Å². The minimum Gasteiger partial charge on any atom is -0.507 e. The first-order valence-electron chi connectivity index (χ1n) is 5.85. The molecule has 1 aromatic carbocycles. The summed E-state index contributed by atoms with van der Waals surface area (Å²) in [6.45, 7) is 0. The maximum absolute atomic E-state index is 12.3. The summed E-state index contributed by atoms with van der Waals surface area (Å²) in [5.74, 6) is 2.47. The number of hydrogen-bond donors (Lipinski definition) is 1. The van der Waals surface area contributed by atoms with Crippen LogP contribution in [0.3, 0.4) is 0 Å². The molecule has 18 heavy (non-hydrogen) atoms. The normalized spacial score (nSPS) is 18.7. The molecular formula is C13H17NO3S. The Bertz CT molecular complexity index is 444. The van der Waals surface area contributed by atoms with Crippen molar-refractivity contribution in [3.05, 3.63) is 23.8 Å². The Hall–Kier alpha value is -1.36. The predicted molar refractivity (Wildman–Crippen MR) is 72.5 cm³/mol. The van der Waals surface area contributed by atoms with E-state index in [4.69, 9.17) is 4.74 Å². The quantitative estimate of drug-likeness (QED) is 0.909. The fraction of sp³-hybridized carbons (Fsp3) is 0.462. The Balaban J connectivity index is 2.21. The third kappa shape index (κ3) is 2.56. The first kappa shape index (κ1) is 13.1. The lowest BCUT2D eigenvalue weighted by Gasteiger charge is -2.24. The second kappa shape index (κ2) is 5.52. The van der Waals surface area contributed by atoms with Gasteiger partial charge in [-0.25, -0.2) is 0 Å². The van der Waals surface area contributed by atoms with Crippen LogP contribution in [0.5, 0.6) is 11.5 Å². The van der Waals surface area contributed by atoms with Crippen molar-refractivity contribution in [2.24, 2.45) is 0 Å². The zero-order valence-electron chi connectivity index (χ0n) is 10.5. The van der Waals surface area contributed by atoms with Crippen LogP contribution in [0.2, 0.25) is 0 Å². The molecule has 1 saturated heterocycles. The van der Waals surface area contributed by atoms with Gasteiger partial charge < -0.3 is 14.7 Å². The van der Waals surface area contributed by atoms with Gasteiger partial charge in [-0.3, -0.25) is 4.79 Å². The van der Waals surface area contributed by atoms with Gasteiger partial charge in [-0.15, -0.1) is 0 Å². The van der Waals surface area contributed by atoms with Gasteiger partial charge in [0.15, 0.2) is 0 Å². The monoisotopic (exact) mass is 267 g/mol. The van der Waals surface area contributed by atoms with Crippen LogP contribution in [0.25, 0.3) is 0 Å². The van der Waals surface area contributed by atoms with Crippen LogP contribution in [0.15, 0.2) is 18.2 Å². The average Bonchev–Trinajstić information content (AvgIpc) is 2.91. The van der Waals surface area contributed by atoms with Crippen molar-refractivity contribution in [1.29, 1.82) is 0 Å². The summed E-state index contributed by atoms with van der Waals surface area (Å²) < 4.78 is 5.08. The van der Waals surface area contributed by atoms with E-state index in [0.717, 1.165) is 17.9 Å². The van der Waals surface area contributed by atoms with Crippen molar-refractivity contribution in [3.8, 4) is 11.5 Å². The van der Waals surface area contributed by atoms with Crippen molar-refractivity contribution in [2.75, 3.05) is 25.7 Å². The van der Waals surface area contributed by atoms with Crippen molar-refractivity contribution in [1.82, 2.24) is 4.90 Å². The number of rotatable bonds is 3. The summed E-state index contributed by atoms with van der Waals surface area (Å²) in [5, 5.41) is 9.78. The molecule has 5 heteroatoms. The summed E-state index contributed by atoms with van der Waals surface area (Å²) in [6.07, 6.45) is 1.01. The molecule has 1 aromatic rings. The number of benzene rings is 1. The fourth-order valence-electron chi connectivity index (χ4n) is 2.00. The van der Waals surface area contributed by atoms with E-state index in [0.29, 0.717) is 11.3 Å². The summed E-state index contributed by atoms with van der Waals surface area (Å²) in [5.41, 5.74) is 0.300. The minimum absolute atomic E-state index is 0.00157. The molecule has 1 heterocycles. The zero-order chi connectivity index (χ0) is 13.1. The topological polar surface area (TPSA) is 49.8 Å². The number of methoxy groups -OCH3 is 1. The molecule has 0 radical (unpaired) electrons. The third-order valence-corrected chi connectivity index (χ3v) is 4.35. The molecule has 4 nitrogen and oxygen atoms in total. The Labute approximate surface area is 111 Å². The number of amides is 1. The summed E-state index contributed by atoms with van der Waals surface area (Å²) in [7, 11) is 3.33. The molecule has 0 aromatic heterocycles. The Kier molecular flexibility index (Phi) is 4.01. The van der Waals surface area contributed by atoms with Crippen molar-refractivity contribution in [3.63, 3.8) is 0 Å². The molecule has 1 aliphatic rings. The summed E-state index contributed by atoms with van der Waals surface area (Å²) in [6, 6.07) is 4.96. The highest BCUT2D eigenvalue weighted by molar-refractivity contribution is 7.99. The van der Waals surface area contributed by atoms with Crippen LogP contribution in [0, 0.1) is 0 Å². The highest BCUT2D eigenvalue weighted by Gasteiger charge is 2.26. The Morgan fingerprint density at radius 1 is 1.56 bits per heavy atom. The molecule has 1 fully saturated rings. The molecule has 0 spiro atoms. The van der Waals surface area contributed by atoms with Gasteiger partial charge in [0.2, 0.25) is 0 Å². The number of phenolic OH excluding ortho intramolecular Hbond substituents is 1. The molecule has 1 N–H and O–H groups in total. The van der Waals surface area contributed by atoms with Crippen LogP contribution < -0.4 is 4.74 Å². The number of ether oxygens (including phenoxy) is 1. The standard InChI is InChI=1S/C13H17NO3S/c1-14(9-5-6-18-8-9)13(16)11-7-10(17-2)3-4-12(11)15/h3-4,7,9,15H,5-6,8H2,1-2H3. The van der Waals surface area contributed by atoms with Gasteiger partial charge in [0.05, 0.1) is 12.7 Å². The molecule has 1 aliphatic heterocycles. The van der Waals surface area contributed by atoms with Crippen LogP contribution in [-0.2, 0) is 0 Å². The molecule has 98 valence electrons. The van der Waals surface area contributed by atoms with E-state index >= 15 is 0 Å². The zero-order valence-corrected chi connectivity index (χ0v) is 11.4. The number of hydrogen-bond acceptors (Lipinski definition) is 4. The van der Waals surface area contributed by atoms with Crippen LogP contribution >= 0.6 is 11.8 Å². The molecule has 0 aliphatic carbocycles. The van der Waals surface area contributed by atoms with Gasteiger partial charge in [-0.1, -0.05) is 0 Å². The Morgan fingerprint density at radius 2 is 2.33 bits per heavy atom. The summed E-state index contributed by atoms with van der Waals surface area (Å²) in [4.78, 5) is 14.0. The highest BCUT2D eigenvalue weighted by atomic mass is 32.2. The van der Waals surface area contributed by atoms with Crippen LogP contribution in [0.1, 0.15) is 16.8 Å². The summed E-state index contributed by atoms with van der Waals surface area (Å²) >= 11 is 1.85. The van der Waals surface area contributed by atoms with E-state index in [9.17, 15) is 9.90 Å². The number of nitrogens with zero attached hydrogens (tertiary/aromatic N) is 1. The predicted octanol–water partition coefficient (Wildman–Crippen LogP) is 1.98. The number of carbonyl (C=O) groups is 1. The van der Waals surface area contributed by atoms with E-state index in [-0.39, 0.29) is 17.7 Å². The van der Waals surface area contributed by atoms with Gasteiger partial charge >= 0.3 is 0 Å². The molecule has 1 amide bonds. The number of carbonyl (C=O) groups excluding carboxylic acids is 1. The Morgan fingerprint density at radius 3 is 2.94 bits per heavy atom. The smallest absolute Gasteiger partial charge is 0.257 e. The van der Waals surface area contributed by atoms with Crippen molar-refractivity contribution < 1.29 is 14.6 Å². The number of thioether (sulfide) groups is 1. The van der Waals surface area contributed by atoms with Crippen LogP contribution in [0.4, 0.5) is 0 Å². The molecule has 1 atom stereocenters. The largest absolute Gasteiger partial charge is 0.507 e. The SMILES string of the molecule is COc1ccc(O)c(C(=O)N(C)C2CCSC2)c1. The number of aromatic hydroxyl groups is 1. The van der Waals surface area contributed by atoms with Crippen molar-refractivity contribution >= 4 is 17.7 Å². The van der Waals surface area contributed by atoms with E-state index in [1.807, 2.05) is 11.8 Å². The van der Waals surface area contributed by atoms with E-state index in [2.05, 4.69) is 0 Å². The minimum atomic E-state index is -0.154.